The molecule has 0 fully saturated rings. The van der Waals surface area contributed by atoms with Gasteiger partial charge in [-0.1, -0.05) is 17.8 Å². The molecular formula is C20H22N4O4S. The Kier molecular flexibility index (Phi) is 7.98. The molecule has 0 saturated carbocycles. The lowest BCUT2D eigenvalue weighted by Crippen LogP contribution is -2.33. The Hall–Kier alpha value is -3.12. The number of esters is 1. The van der Waals surface area contributed by atoms with Gasteiger partial charge in [0.1, 0.15) is 0 Å². The van der Waals surface area contributed by atoms with Gasteiger partial charge in [-0.05, 0) is 37.1 Å². The first-order chi connectivity index (χ1) is 13.8. The van der Waals surface area contributed by atoms with Crippen molar-refractivity contribution in [2.24, 2.45) is 0 Å². The first-order valence-corrected chi connectivity index (χ1v) is 9.86. The highest BCUT2D eigenvalue weighted by Gasteiger charge is 2.17. The van der Waals surface area contributed by atoms with E-state index in [0.717, 1.165) is 28.6 Å². The number of benzene rings is 1. The molecule has 0 aliphatic carbocycles. The van der Waals surface area contributed by atoms with Crippen molar-refractivity contribution in [1.82, 2.24) is 9.97 Å². The molecule has 1 N–H and O–H groups in total. The van der Waals surface area contributed by atoms with E-state index in [9.17, 15) is 14.4 Å². The maximum Gasteiger partial charge on any atom is 0.311 e. The molecule has 1 heterocycles. The average Bonchev–Trinajstić information content (AvgIpc) is 2.65. The van der Waals surface area contributed by atoms with Gasteiger partial charge in [-0.2, -0.15) is 5.26 Å². The Morgan fingerprint density at radius 3 is 2.55 bits per heavy atom. The minimum absolute atomic E-state index is 0.0169. The second-order valence-electron chi connectivity index (χ2n) is 6.38. The molecule has 0 bridgehead atoms. The molecule has 0 radical (unpaired) electrons. The number of amides is 1. The summed E-state index contributed by atoms with van der Waals surface area (Å²) in [4.78, 5) is 44.4. The molecule has 0 saturated heterocycles. The number of carbonyl (C=O) groups is 2. The van der Waals surface area contributed by atoms with Gasteiger partial charge in [0.2, 0.25) is 5.91 Å². The lowest BCUT2D eigenvalue weighted by atomic mass is 10.1. The highest BCUT2D eigenvalue weighted by Crippen LogP contribution is 2.21. The number of anilines is 1. The Bertz CT molecular complexity index is 976. The number of hydrogen-bond donors (Lipinski definition) is 1. The third-order valence-corrected chi connectivity index (χ3v) is 4.78. The van der Waals surface area contributed by atoms with Crippen LogP contribution in [0.1, 0.15) is 23.2 Å². The molecule has 0 spiro atoms. The van der Waals surface area contributed by atoms with Crippen LogP contribution in [0.25, 0.3) is 0 Å². The monoisotopic (exact) mass is 414 g/mol. The summed E-state index contributed by atoms with van der Waals surface area (Å²) in [7, 11) is 1.26. The van der Waals surface area contributed by atoms with Crippen molar-refractivity contribution in [2.45, 2.75) is 31.8 Å². The van der Waals surface area contributed by atoms with Gasteiger partial charge in [0.05, 0.1) is 37.5 Å². The number of carbonyl (C=O) groups excluding carboxylic acids is 2. The van der Waals surface area contributed by atoms with E-state index >= 15 is 0 Å². The van der Waals surface area contributed by atoms with Gasteiger partial charge in [-0.15, -0.1) is 0 Å². The topological polar surface area (TPSA) is 116 Å². The standard InChI is InChI=1S/C20H22N4O4S/c1-13-7-14(2)9-16(8-13)24(6-4-5-21)18(26)12-29-20-22-15(10-17(25)23-20)11-19(27)28-3/h7-10H,4,6,11-12H2,1-3H3,(H,22,23,25). The number of nitriles is 1. The molecule has 29 heavy (non-hydrogen) atoms. The molecule has 1 aromatic heterocycles. The summed E-state index contributed by atoms with van der Waals surface area (Å²) in [5, 5.41) is 9.17. The van der Waals surface area contributed by atoms with Crippen LogP contribution in [0.3, 0.4) is 0 Å². The fraction of sp³-hybridized carbons (Fsp3) is 0.350. The van der Waals surface area contributed by atoms with Gasteiger partial charge in [0, 0.05) is 18.3 Å². The molecule has 0 atom stereocenters. The average molecular weight is 414 g/mol. The van der Waals surface area contributed by atoms with Crippen LogP contribution in [0.2, 0.25) is 0 Å². The summed E-state index contributed by atoms with van der Waals surface area (Å²) < 4.78 is 4.58. The SMILES string of the molecule is COC(=O)Cc1cc(=O)[nH]c(SCC(=O)N(CCC#N)c2cc(C)cc(C)c2)n1. The summed E-state index contributed by atoms with van der Waals surface area (Å²) >= 11 is 1.06. The maximum atomic E-state index is 12.8. The van der Waals surface area contributed by atoms with E-state index in [1.807, 2.05) is 32.0 Å². The van der Waals surface area contributed by atoms with E-state index in [2.05, 4.69) is 20.8 Å². The lowest BCUT2D eigenvalue weighted by molar-refractivity contribution is -0.139. The van der Waals surface area contributed by atoms with E-state index in [1.165, 1.54) is 13.2 Å². The number of rotatable bonds is 8. The molecule has 152 valence electrons. The molecular weight excluding hydrogens is 392 g/mol. The van der Waals surface area contributed by atoms with Gasteiger partial charge in [-0.25, -0.2) is 4.98 Å². The van der Waals surface area contributed by atoms with Crippen LogP contribution in [0.15, 0.2) is 34.2 Å². The van der Waals surface area contributed by atoms with Gasteiger partial charge >= 0.3 is 5.97 Å². The predicted molar refractivity (Wildman–Crippen MR) is 110 cm³/mol. The van der Waals surface area contributed by atoms with Crippen LogP contribution >= 0.6 is 11.8 Å². The minimum Gasteiger partial charge on any atom is -0.469 e. The number of aryl methyl sites for hydroxylation is 2. The van der Waals surface area contributed by atoms with Crippen molar-refractivity contribution in [3.8, 4) is 6.07 Å². The normalized spacial score (nSPS) is 10.3. The quantitative estimate of drug-likeness (QED) is 0.400. The van der Waals surface area contributed by atoms with Gasteiger partial charge in [-0.3, -0.25) is 14.4 Å². The highest BCUT2D eigenvalue weighted by molar-refractivity contribution is 7.99. The van der Waals surface area contributed by atoms with E-state index in [1.54, 1.807) is 4.90 Å². The number of nitrogens with one attached hydrogen (secondary N) is 1. The van der Waals surface area contributed by atoms with E-state index in [-0.39, 0.29) is 41.9 Å². The molecule has 0 aliphatic heterocycles. The van der Waals surface area contributed by atoms with Crippen LogP contribution < -0.4 is 10.5 Å². The molecule has 0 unspecified atom stereocenters. The highest BCUT2D eigenvalue weighted by atomic mass is 32.2. The van der Waals surface area contributed by atoms with E-state index in [0.29, 0.717) is 0 Å². The Labute approximate surface area is 172 Å². The Balaban J connectivity index is 2.16. The lowest BCUT2D eigenvalue weighted by Gasteiger charge is -2.22. The van der Waals surface area contributed by atoms with Crippen LogP contribution in [0, 0.1) is 25.2 Å². The molecule has 1 aromatic carbocycles. The summed E-state index contributed by atoms with van der Waals surface area (Å²) in [6.45, 7) is 4.16. The van der Waals surface area contributed by atoms with Crippen LogP contribution in [-0.4, -0.2) is 41.3 Å². The number of methoxy groups -OCH3 is 1. The third kappa shape index (κ3) is 6.76. The molecule has 9 heteroatoms. The zero-order valence-corrected chi connectivity index (χ0v) is 17.3. The molecule has 2 rings (SSSR count). The van der Waals surface area contributed by atoms with Gasteiger partial charge in [0.15, 0.2) is 5.16 Å². The second kappa shape index (κ2) is 10.4. The predicted octanol–water partition coefficient (Wildman–Crippen LogP) is 2.14. The summed E-state index contributed by atoms with van der Waals surface area (Å²) in [5.74, 6) is -0.702. The maximum absolute atomic E-state index is 12.8. The third-order valence-electron chi connectivity index (χ3n) is 3.92. The van der Waals surface area contributed by atoms with Crippen molar-refractivity contribution < 1.29 is 14.3 Å². The number of thioether (sulfide) groups is 1. The number of aromatic amines is 1. The van der Waals surface area contributed by atoms with Crippen molar-refractivity contribution in [1.29, 1.82) is 5.26 Å². The Morgan fingerprint density at radius 2 is 1.93 bits per heavy atom. The van der Waals surface area contributed by atoms with Gasteiger partial charge < -0.3 is 14.6 Å². The minimum atomic E-state index is -0.507. The molecule has 2 aromatic rings. The number of ether oxygens (including phenoxy) is 1. The van der Waals surface area contributed by atoms with Crippen molar-refractivity contribution in [2.75, 3.05) is 24.3 Å². The number of hydrogen-bond acceptors (Lipinski definition) is 7. The van der Waals surface area contributed by atoms with Crippen LogP contribution in [-0.2, 0) is 20.7 Å². The molecule has 8 nitrogen and oxygen atoms in total. The number of nitrogens with zero attached hydrogens (tertiary/aromatic N) is 3. The van der Waals surface area contributed by atoms with Gasteiger partial charge in [0.25, 0.3) is 5.56 Å². The molecule has 1 amide bonds. The van der Waals surface area contributed by atoms with Crippen LogP contribution in [0.4, 0.5) is 5.69 Å². The summed E-state index contributed by atoms with van der Waals surface area (Å²) in [6.07, 6.45) is 0.0753. The summed E-state index contributed by atoms with van der Waals surface area (Å²) in [5.41, 5.74) is 2.62. The zero-order chi connectivity index (χ0) is 21.4. The van der Waals surface area contributed by atoms with E-state index < -0.39 is 11.5 Å². The first kappa shape index (κ1) is 22.2. The number of aromatic nitrogens is 2. The zero-order valence-electron chi connectivity index (χ0n) is 16.5. The molecule has 0 aliphatic rings. The van der Waals surface area contributed by atoms with Crippen molar-refractivity contribution in [3.05, 3.63) is 51.4 Å². The Morgan fingerprint density at radius 1 is 1.24 bits per heavy atom. The van der Waals surface area contributed by atoms with E-state index in [4.69, 9.17) is 5.26 Å². The fourth-order valence-electron chi connectivity index (χ4n) is 2.74. The smallest absolute Gasteiger partial charge is 0.311 e. The van der Waals surface area contributed by atoms with Crippen molar-refractivity contribution >= 4 is 29.3 Å². The van der Waals surface area contributed by atoms with Crippen LogP contribution in [0.5, 0.6) is 0 Å². The summed E-state index contributed by atoms with van der Waals surface area (Å²) in [6, 6.07) is 9.07. The first-order valence-electron chi connectivity index (χ1n) is 8.88. The number of H-pyrrole nitrogens is 1. The van der Waals surface area contributed by atoms with Crippen molar-refractivity contribution in [3.63, 3.8) is 0 Å². The second-order valence-corrected chi connectivity index (χ2v) is 7.35. The fourth-order valence-corrected chi connectivity index (χ4v) is 3.51. The largest absolute Gasteiger partial charge is 0.469 e.